The molecule has 2 spiro atoms. The number of carbonyl (C=O) groups is 8. The van der Waals surface area contributed by atoms with Gasteiger partial charge in [-0.15, -0.1) is 0 Å². The third-order valence-electron chi connectivity index (χ3n) is 30.8. The molecule has 0 radical (unpaired) electrons. The van der Waals surface area contributed by atoms with E-state index in [1.54, 1.807) is 163 Å². The van der Waals surface area contributed by atoms with E-state index in [0.29, 0.717) is 197 Å². The summed E-state index contributed by atoms with van der Waals surface area (Å²) in [5, 5.41) is 15.4. The normalized spacial score (nSPS) is 17.0. The van der Waals surface area contributed by atoms with Gasteiger partial charge in [0.2, 0.25) is 0 Å². The number of piperidine rings is 2. The predicted octanol–water partition coefficient (Wildman–Crippen LogP) is 27.8. The minimum atomic E-state index is -4.46. The molecular weight excluding hydrogens is 2090 g/mol. The highest BCUT2D eigenvalue weighted by atomic mass is 35.5. The van der Waals surface area contributed by atoms with Crippen molar-refractivity contribution in [3.8, 4) is 0 Å². The second kappa shape index (κ2) is 42.6. The van der Waals surface area contributed by atoms with Crippen molar-refractivity contribution < 1.29 is 96.1 Å². The average Bonchev–Trinajstić information content (AvgIpc) is 1.53. The Hall–Kier alpha value is -10.1. The Morgan fingerprint density at radius 2 is 0.612 bits per heavy atom. The quantitative estimate of drug-likeness (QED) is 0.0768. The van der Waals surface area contributed by atoms with E-state index in [1.807, 2.05) is 31.2 Å². The van der Waals surface area contributed by atoms with Crippen LogP contribution in [0.15, 0.2) is 121 Å². The van der Waals surface area contributed by atoms with Crippen molar-refractivity contribution in [1.29, 1.82) is 0 Å². The van der Waals surface area contributed by atoms with Gasteiger partial charge in [-0.1, -0.05) is 99.7 Å². The molecule has 8 heterocycles. The molecule has 782 valence electrons. The summed E-state index contributed by atoms with van der Waals surface area (Å²) in [6.07, 6.45) is -11.1. The zero-order valence-electron chi connectivity index (χ0n) is 82.7. The lowest BCUT2D eigenvalue weighted by atomic mass is 9.56. The molecule has 2 aliphatic carbocycles. The molecule has 18 rings (SSSR count). The number of alkyl halides is 12. The number of ketones is 4. The molecule has 4 saturated heterocycles. The molecule has 2 saturated carbocycles. The van der Waals surface area contributed by atoms with Crippen molar-refractivity contribution in [2.24, 2.45) is 68.6 Å². The third kappa shape index (κ3) is 22.9. The van der Waals surface area contributed by atoms with Crippen LogP contribution in [0.4, 0.5) is 52.7 Å². The Labute approximate surface area is 881 Å². The van der Waals surface area contributed by atoms with Crippen LogP contribution in [0.1, 0.15) is 223 Å². The van der Waals surface area contributed by atoms with Gasteiger partial charge >= 0.3 is 24.7 Å². The van der Waals surface area contributed by atoms with E-state index in [0.717, 1.165) is 115 Å². The molecule has 6 aliphatic rings. The van der Waals surface area contributed by atoms with Crippen LogP contribution in [-0.2, 0) is 97.8 Å². The van der Waals surface area contributed by atoms with Gasteiger partial charge < -0.3 is 47.8 Å². The minimum absolute atomic E-state index is 0.0281. The SMILES string of the molecule is CC(=O)C(C)C1CCN(C(=O)c2ccc(Cl)c(Cc3cc4c(C)cc(C(F)(F)F)cc4n3C)c2Cl)CC1.CC(=O)C(O)C1CCN(C(=O)c2ccc(Cl)c(Cc3cc4c(C)cc(C(F)(F)F)cc4n3C)c2Cl)CC1.CC(=O)C1CC2(C1)CN(C(=O)c1ccc(Cl)c(Cc3cc4c(C)cc(C(F)(F)F)cc4n3C)c1Cl)C2.CC(=O)CC1CC2(C1)CN(C(=O)c1ccc(Cl)c(Cc3cc4c(C)cc(C(F)(F)F)cc4n3C)c1Cl)C2. The first-order valence-electron chi connectivity index (χ1n) is 48.0. The molecule has 17 nitrogen and oxygen atoms in total. The zero-order chi connectivity index (χ0) is 107. The van der Waals surface area contributed by atoms with Crippen molar-refractivity contribution >= 4 is 183 Å². The number of amides is 4. The number of aliphatic hydroxyl groups is 1. The minimum Gasteiger partial charge on any atom is -0.385 e. The van der Waals surface area contributed by atoms with E-state index in [4.69, 9.17) is 92.8 Å². The molecule has 37 heteroatoms. The Kier molecular flexibility index (Phi) is 32.2. The van der Waals surface area contributed by atoms with Gasteiger partial charge in [0.15, 0.2) is 5.78 Å². The molecular formula is C110H108Cl8F12N8O9. The third-order valence-corrected chi connectivity index (χ3v) is 33.9. The highest BCUT2D eigenvalue weighted by molar-refractivity contribution is 6.40. The fourth-order valence-corrected chi connectivity index (χ4v) is 24.4. The molecule has 2 atom stereocenters. The number of fused-ring (bicyclic) bond motifs is 4. The molecule has 8 aromatic carbocycles. The molecule has 6 fully saturated rings. The summed E-state index contributed by atoms with van der Waals surface area (Å²) in [4.78, 5) is 106. The van der Waals surface area contributed by atoms with Crippen LogP contribution in [0.25, 0.3) is 43.6 Å². The lowest BCUT2D eigenvalue weighted by molar-refractivity contribution is -0.138. The first kappa shape index (κ1) is 111. The number of aryl methyl sites for hydroxylation is 8. The van der Waals surface area contributed by atoms with Crippen LogP contribution >= 0.6 is 92.8 Å². The molecule has 1 N–H and O–H groups in total. The molecule has 4 amide bonds. The number of aromatic nitrogens is 4. The number of likely N-dealkylation sites (tertiary alicyclic amines) is 4. The fourth-order valence-electron chi connectivity index (χ4n) is 22.1. The molecule has 4 aromatic heterocycles. The Bertz CT molecular complexity index is 7090. The van der Waals surface area contributed by atoms with Crippen LogP contribution < -0.4 is 0 Å². The van der Waals surface area contributed by atoms with Crippen LogP contribution in [-0.4, -0.2) is 148 Å². The fraction of sp³-hybridized carbons (Fsp3) is 0.418. The van der Waals surface area contributed by atoms with Crippen LogP contribution in [0.2, 0.25) is 40.2 Å². The van der Waals surface area contributed by atoms with Gasteiger partial charge in [0.25, 0.3) is 23.6 Å². The highest BCUT2D eigenvalue weighted by Crippen LogP contribution is 2.56. The summed E-state index contributed by atoms with van der Waals surface area (Å²) in [6, 6.07) is 29.4. The second-order valence-electron chi connectivity index (χ2n) is 40.9. The molecule has 2 unspecified atom stereocenters. The molecule has 4 aliphatic heterocycles. The number of hydrogen-bond donors (Lipinski definition) is 1. The van der Waals surface area contributed by atoms with Crippen molar-refractivity contribution in [2.75, 3.05) is 52.4 Å². The summed E-state index contributed by atoms with van der Waals surface area (Å²) in [6.45, 7) is 19.1. The molecule has 147 heavy (non-hydrogen) atoms. The first-order chi connectivity index (χ1) is 68.6. The Morgan fingerprint density at radius 1 is 0.361 bits per heavy atom. The van der Waals surface area contributed by atoms with Gasteiger partial charge in [0, 0.05) is 222 Å². The number of aliphatic hydroxyl groups excluding tert-OH is 1. The van der Waals surface area contributed by atoms with Gasteiger partial charge in [0.05, 0.1) is 64.6 Å². The van der Waals surface area contributed by atoms with Gasteiger partial charge in [0.1, 0.15) is 23.5 Å². The van der Waals surface area contributed by atoms with Gasteiger partial charge in [-0.2, -0.15) is 52.7 Å². The number of rotatable bonds is 19. The maximum atomic E-state index is 13.4. The standard InChI is InChI=1S/C28H27Cl2F3N2O2.C28H29Cl2F3N2O2.C27H27Cl2F3N2O3.C27H25Cl2F3N2O2/c1-15-6-18(28(31,32)33)8-24-21(15)9-19(34(24)3)10-22-23(29)5-4-20(25(22)30)26(37)35-13-27(14-35)11-17(12-27)7-16(2)36;1-15-11-19(28(31,32)33)12-25-22(15)13-20(34(25)4)14-23-24(29)6-5-21(26(23)30)27(37)35-9-7-18(8-10-35)16(2)17(3)36;1-14-10-17(27(30,31)32)11-23-20(14)12-18(33(23)3)13-21-22(28)5-4-19(24(21)29)26(37)34-8-6-16(7-9-34)25(36)15(2)35;1-14-6-17(27(30,31)32)7-23-20(14)8-18(33(23)3)9-21-22(28)5-4-19(24(21)29)25(36)34-12-26(13-34)10-16(11-26)15(2)35/h4-6,8-9,17H,7,10-14H2,1-3H3;5-6,11-13,16,18H,7-10,14H2,1-4H3;4-5,10-12,16,25,36H,6-9,13H2,1-3H3;4-8,16H,9-13H2,1-3H3. The van der Waals surface area contributed by atoms with Crippen LogP contribution in [0.3, 0.4) is 0 Å². The summed E-state index contributed by atoms with van der Waals surface area (Å²) in [7, 11) is 6.82. The van der Waals surface area contributed by atoms with Crippen molar-refractivity contribution in [1.82, 2.24) is 37.9 Å². The maximum Gasteiger partial charge on any atom is 0.416 e. The topological polar surface area (TPSA) is 189 Å². The number of halogens is 20. The number of carbonyl (C=O) groups excluding carboxylic acids is 8. The maximum absolute atomic E-state index is 13.4. The monoisotopic (exact) mass is 2190 g/mol. The van der Waals surface area contributed by atoms with Crippen molar-refractivity contribution in [3.63, 3.8) is 0 Å². The zero-order valence-corrected chi connectivity index (χ0v) is 88.8. The summed E-state index contributed by atoms with van der Waals surface area (Å²) < 4.78 is 167. The van der Waals surface area contributed by atoms with Crippen LogP contribution in [0.5, 0.6) is 0 Å². The van der Waals surface area contributed by atoms with Crippen LogP contribution in [0, 0.1) is 68.1 Å². The van der Waals surface area contributed by atoms with Gasteiger partial charge in [-0.3, -0.25) is 33.6 Å². The smallest absolute Gasteiger partial charge is 0.385 e. The number of hydrogen-bond acceptors (Lipinski definition) is 9. The number of Topliss-reactive ketones (excluding diaryl/α,β-unsaturated/α-hetero) is 4. The predicted molar refractivity (Wildman–Crippen MR) is 550 cm³/mol. The second-order valence-corrected chi connectivity index (χ2v) is 44.0. The average molecular weight is 2200 g/mol. The summed E-state index contributed by atoms with van der Waals surface area (Å²) >= 11 is 52.8. The van der Waals surface area contributed by atoms with Crippen molar-refractivity contribution in [3.05, 3.63) is 273 Å². The summed E-state index contributed by atoms with van der Waals surface area (Å²) in [5.74, 6) is 0.0209. The highest BCUT2D eigenvalue weighted by Gasteiger charge is 2.56. The lowest BCUT2D eigenvalue weighted by Gasteiger charge is -2.59. The molecule has 0 bridgehead atoms. The first-order valence-corrected chi connectivity index (χ1v) is 51.1. The summed E-state index contributed by atoms with van der Waals surface area (Å²) in [5.41, 5.74) is 7.69. The van der Waals surface area contributed by atoms with Gasteiger partial charge in [-0.05, 0) is 290 Å². The largest absolute Gasteiger partial charge is 0.416 e. The number of benzene rings is 8. The molecule has 12 aromatic rings. The number of nitrogens with zero attached hydrogens (tertiary/aromatic N) is 8. The van der Waals surface area contributed by atoms with E-state index >= 15 is 0 Å². The van der Waals surface area contributed by atoms with E-state index in [1.165, 1.54) is 6.92 Å². The van der Waals surface area contributed by atoms with Crippen molar-refractivity contribution in [2.45, 2.75) is 177 Å². The van der Waals surface area contributed by atoms with E-state index in [-0.39, 0.29) is 133 Å². The van der Waals surface area contributed by atoms with E-state index in [2.05, 4.69) is 0 Å². The van der Waals surface area contributed by atoms with E-state index < -0.39 is 53.1 Å². The Morgan fingerprint density at radius 3 is 0.850 bits per heavy atom. The Balaban J connectivity index is 0.000000147. The van der Waals surface area contributed by atoms with E-state index in [9.17, 15) is 96.1 Å². The lowest BCUT2D eigenvalue weighted by Crippen LogP contribution is -2.64. The van der Waals surface area contributed by atoms with Gasteiger partial charge in [-0.25, -0.2) is 0 Å².